The lowest BCUT2D eigenvalue weighted by Gasteiger charge is -2.35. The number of aliphatic carboxylic acids is 1. The van der Waals surface area contributed by atoms with Crippen molar-refractivity contribution in [2.24, 2.45) is 0 Å². The molecule has 2 aliphatic heterocycles. The lowest BCUT2D eigenvalue weighted by atomic mass is 10.2. The maximum atomic E-state index is 10.5. The second-order valence-electron chi connectivity index (χ2n) is 4.92. The molecule has 5 nitrogen and oxygen atoms in total. The third kappa shape index (κ3) is 4.26. The van der Waals surface area contributed by atoms with Crippen LogP contribution >= 0.6 is 0 Å². The van der Waals surface area contributed by atoms with Crippen LogP contribution in [-0.2, 0) is 9.53 Å². The fraction of sp³-hybridized carbons (Fsp3) is 0.917. The maximum absolute atomic E-state index is 10.5. The molecule has 1 N–H and O–H groups in total. The SMILES string of the molecule is O=C(O)CCN1CCN(C[C@H]2CCCO2)CC1. The van der Waals surface area contributed by atoms with E-state index < -0.39 is 5.97 Å². The number of piperazine rings is 1. The van der Waals surface area contributed by atoms with Gasteiger partial charge in [0.1, 0.15) is 0 Å². The molecule has 98 valence electrons. The molecule has 0 spiro atoms. The summed E-state index contributed by atoms with van der Waals surface area (Å²) in [5.74, 6) is -0.702. The molecule has 2 rings (SSSR count). The Balaban J connectivity index is 1.61. The van der Waals surface area contributed by atoms with E-state index in [4.69, 9.17) is 9.84 Å². The fourth-order valence-electron chi connectivity index (χ4n) is 2.53. The van der Waals surface area contributed by atoms with Gasteiger partial charge in [-0.25, -0.2) is 0 Å². The van der Waals surface area contributed by atoms with Gasteiger partial charge < -0.3 is 14.7 Å². The zero-order chi connectivity index (χ0) is 12.1. The molecule has 2 aliphatic rings. The summed E-state index contributed by atoms with van der Waals surface area (Å²) in [5, 5.41) is 8.63. The fourth-order valence-corrected chi connectivity index (χ4v) is 2.53. The molecule has 17 heavy (non-hydrogen) atoms. The lowest BCUT2D eigenvalue weighted by Crippen LogP contribution is -2.48. The zero-order valence-electron chi connectivity index (χ0n) is 10.3. The summed E-state index contributed by atoms with van der Waals surface area (Å²) in [6, 6.07) is 0. The van der Waals surface area contributed by atoms with Crippen LogP contribution in [0.2, 0.25) is 0 Å². The van der Waals surface area contributed by atoms with Gasteiger partial charge in [-0.3, -0.25) is 9.69 Å². The summed E-state index contributed by atoms with van der Waals surface area (Å²) in [6.45, 7) is 6.71. The van der Waals surface area contributed by atoms with Crippen molar-refractivity contribution in [3.8, 4) is 0 Å². The number of carboxylic acid groups (broad SMARTS) is 1. The highest BCUT2D eigenvalue weighted by Gasteiger charge is 2.22. The van der Waals surface area contributed by atoms with E-state index in [0.717, 1.165) is 39.3 Å². The lowest BCUT2D eigenvalue weighted by molar-refractivity contribution is -0.137. The van der Waals surface area contributed by atoms with E-state index in [1.807, 2.05) is 0 Å². The van der Waals surface area contributed by atoms with Crippen molar-refractivity contribution >= 4 is 5.97 Å². The second kappa shape index (κ2) is 6.33. The zero-order valence-corrected chi connectivity index (χ0v) is 10.3. The molecule has 2 fully saturated rings. The normalized spacial score (nSPS) is 27.4. The average molecular weight is 242 g/mol. The minimum absolute atomic E-state index is 0.256. The van der Waals surface area contributed by atoms with Crippen molar-refractivity contribution in [1.82, 2.24) is 9.80 Å². The van der Waals surface area contributed by atoms with Gasteiger partial charge in [0, 0.05) is 45.9 Å². The highest BCUT2D eigenvalue weighted by Crippen LogP contribution is 2.14. The van der Waals surface area contributed by atoms with E-state index in [1.54, 1.807) is 0 Å². The van der Waals surface area contributed by atoms with Gasteiger partial charge in [0.15, 0.2) is 0 Å². The molecule has 2 heterocycles. The van der Waals surface area contributed by atoms with Crippen LogP contribution in [0.3, 0.4) is 0 Å². The smallest absolute Gasteiger partial charge is 0.304 e. The van der Waals surface area contributed by atoms with E-state index in [9.17, 15) is 4.79 Å². The van der Waals surface area contributed by atoms with Crippen LogP contribution < -0.4 is 0 Å². The van der Waals surface area contributed by atoms with E-state index in [0.29, 0.717) is 12.6 Å². The highest BCUT2D eigenvalue weighted by atomic mass is 16.5. The first kappa shape index (κ1) is 12.8. The summed E-state index contributed by atoms with van der Waals surface area (Å²) in [6.07, 6.45) is 3.08. The standard InChI is InChI=1S/C12H22N2O3/c15-12(16)3-4-13-5-7-14(8-6-13)10-11-2-1-9-17-11/h11H,1-10H2,(H,15,16)/t11-/m1/s1. The van der Waals surface area contributed by atoms with Crippen LogP contribution in [0.4, 0.5) is 0 Å². The molecular weight excluding hydrogens is 220 g/mol. The number of hydrogen-bond acceptors (Lipinski definition) is 4. The quantitative estimate of drug-likeness (QED) is 0.749. The van der Waals surface area contributed by atoms with Gasteiger partial charge in [0.2, 0.25) is 0 Å². The van der Waals surface area contributed by atoms with Crippen LogP contribution in [-0.4, -0.2) is 72.9 Å². The molecule has 0 unspecified atom stereocenters. The minimum Gasteiger partial charge on any atom is -0.481 e. The number of hydrogen-bond donors (Lipinski definition) is 1. The van der Waals surface area contributed by atoms with Crippen molar-refractivity contribution in [2.75, 3.05) is 45.9 Å². The third-order valence-corrected chi connectivity index (χ3v) is 3.59. The highest BCUT2D eigenvalue weighted by molar-refractivity contribution is 5.66. The van der Waals surface area contributed by atoms with Crippen LogP contribution in [0.25, 0.3) is 0 Å². The van der Waals surface area contributed by atoms with Crippen LogP contribution in [0.5, 0.6) is 0 Å². The molecule has 0 aromatic carbocycles. The van der Waals surface area contributed by atoms with Crippen molar-refractivity contribution in [2.45, 2.75) is 25.4 Å². The first-order valence-corrected chi connectivity index (χ1v) is 6.52. The van der Waals surface area contributed by atoms with Crippen molar-refractivity contribution in [3.63, 3.8) is 0 Å². The van der Waals surface area contributed by atoms with Crippen LogP contribution in [0.1, 0.15) is 19.3 Å². The Morgan fingerprint density at radius 2 is 1.94 bits per heavy atom. The molecule has 0 aliphatic carbocycles. The average Bonchev–Trinajstić information content (AvgIpc) is 2.81. The summed E-state index contributed by atoms with van der Waals surface area (Å²) >= 11 is 0. The minimum atomic E-state index is -0.702. The number of carboxylic acids is 1. The number of carbonyl (C=O) groups is 1. The Morgan fingerprint density at radius 3 is 2.53 bits per heavy atom. The Labute approximate surface area is 102 Å². The molecule has 0 bridgehead atoms. The number of nitrogens with zero attached hydrogens (tertiary/aromatic N) is 2. The topological polar surface area (TPSA) is 53.0 Å². The molecule has 1 atom stereocenters. The first-order chi connectivity index (χ1) is 8.24. The van der Waals surface area contributed by atoms with Crippen LogP contribution in [0.15, 0.2) is 0 Å². The first-order valence-electron chi connectivity index (χ1n) is 6.52. The Kier molecular flexibility index (Phi) is 4.76. The molecule has 0 aromatic rings. The number of ether oxygens (including phenoxy) is 1. The van der Waals surface area contributed by atoms with Gasteiger partial charge in [-0.1, -0.05) is 0 Å². The van der Waals surface area contributed by atoms with Gasteiger partial charge >= 0.3 is 5.97 Å². The van der Waals surface area contributed by atoms with Gasteiger partial charge in [-0.15, -0.1) is 0 Å². The van der Waals surface area contributed by atoms with E-state index in [1.165, 1.54) is 12.8 Å². The monoisotopic (exact) mass is 242 g/mol. The molecule has 5 heteroatoms. The van der Waals surface area contributed by atoms with E-state index in [2.05, 4.69) is 9.80 Å². The summed E-state index contributed by atoms with van der Waals surface area (Å²) in [5.41, 5.74) is 0. The largest absolute Gasteiger partial charge is 0.481 e. The molecule has 0 saturated carbocycles. The maximum Gasteiger partial charge on any atom is 0.304 e. The summed E-state index contributed by atoms with van der Waals surface area (Å²) in [4.78, 5) is 15.2. The van der Waals surface area contributed by atoms with E-state index in [-0.39, 0.29) is 6.42 Å². The molecule has 0 amide bonds. The van der Waals surface area contributed by atoms with E-state index >= 15 is 0 Å². The summed E-state index contributed by atoms with van der Waals surface area (Å²) in [7, 11) is 0. The Hall–Kier alpha value is -0.650. The predicted octanol–water partition coefficient (Wildman–Crippen LogP) is 0.258. The Morgan fingerprint density at radius 1 is 1.24 bits per heavy atom. The van der Waals surface area contributed by atoms with Gasteiger partial charge in [0.05, 0.1) is 12.5 Å². The molecule has 0 aromatic heterocycles. The molecule has 0 radical (unpaired) electrons. The number of rotatable bonds is 5. The predicted molar refractivity (Wildman–Crippen MR) is 64.1 cm³/mol. The second-order valence-corrected chi connectivity index (χ2v) is 4.92. The summed E-state index contributed by atoms with van der Waals surface area (Å²) < 4.78 is 5.63. The van der Waals surface area contributed by atoms with Gasteiger partial charge in [-0.2, -0.15) is 0 Å². The molecule has 2 saturated heterocycles. The third-order valence-electron chi connectivity index (χ3n) is 3.59. The van der Waals surface area contributed by atoms with Crippen LogP contribution in [0, 0.1) is 0 Å². The van der Waals surface area contributed by atoms with Crippen molar-refractivity contribution < 1.29 is 14.6 Å². The molecular formula is C12H22N2O3. The van der Waals surface area contributed by atoms with Crippen molar-refractivity contribution in [1.29, 1.82) is 0 Å². The Bertz CT molecular complexity index is 246. The van der Waals surface area contributed by atoms with Gasteiger partial charge in [0.25, 0.3) is 0 Å². The van der Waals surface area contributed by atoms with Crippen molar-refractivity contribution in [3.05, 3.63) is 0 Å². The van der Waals surface area contributed by atoms with Gasteiger partial charge in [-0.05, 0) is 12.8 Å².